The molecule has 0 unspecified atom stereocenters. The number of nitrogens with zero attached hydrogens (tertiary/aromatic N) is 2. The second kappa shape index (κ2) is 10.5. The standard InChI is InChI=1S/C22H22N2O3.BrH/c1-26-20-11-10-17(15-21(20)27-2)12-14-24-13-6-9-19(16-24)22(23-25)18-7-4-3-5-8-18;/h3-11,13,15-16H,12,14H2,1-2H3;1H/b23-22+;. The van der Waals surface area contributed by atoms with Crippen LogP contribution in [0.3, 0.4) is 0 Å². The fourth-order valence-corrected chi connectivity index (χ4v) is 2.97. The molecule has 0 saturated carbocycles. The largest absolute Gasteiger partial charge is 1.00 e. The van der Waals surface area contributed by atoms with Crippen LogP contribution in [0.5, 0.6) is 11.5 Å². The van der Waals surface area contributed by atoms with E-state index in [4.69, 9.17) is 9.47 Å². The van der Waals surface area contributed by atoms with Crippen molar-refractivity contribution in [1.29, 1.82) is 0 Å². The molecule has 0 saturated heterocycles. The maximum Gasteiger partial charge on any atom is 0.178 e. The van der Waals surface area contributed by atoms with Crippen LogP contribution in [0.25, 0.3) is 0 Å². The van der Waals surface area contributed by atoms with Gasteiger partial charge in [0.25, 0.3) is 0 Å². The van der Waals surface area contributed by atoms with Crippen molar-refractivity contribution >= 4 is 5.71 Å². The summed E-state index contributed by atoms with van der Waals surface area (Å²) in [5, 5.41) is 13.0. The van der Waals surface area contributed by atoms with E-state index < -0.39 is 0 Å². The molecule has 3 rings (SSSR count). The molecule has 3 aromatic rings. The first-order valence-electron chi connectivity index (χ1n) is 8.73. The Morgan fingerprint density at radius 1 is 0.929 bits per heavy atom. The molecule has 1 N–H and O–H groups in total. The predicted octanol–water partition coefficient (Wildman–Crippen LogP) is 0.465. The molecule has 146 valence electrons. The summed E-state index contributed by atoms with van der Waals surface area (Å²) in [6, 6.07) is 19.5. The second-order valence-electron chi connectivity index (χ2n) is 6.08. The molecule has 0 fully saturated rings. The Morgan fingerprint density at radius 3 is 2.32 bits per heavy atom. The number of methoxy groups -OCH3 is 2. The molecule has 0 bridgehead atoms. The van der Waals surface area contributed by atoms with E-state index in [0.29, 0.717) is 5.71 Å². The third-order valence-corrected chi connectivity index (χ3v) is 4.39. The first-order chi connectivity index (χ1) is 13.2. The molecule has 28 heavy (non-hydrogen) atoms. The Hall–Kier alpha value is -2.86. The van der Waals surface area contributed by atoms with E-state index in [-0.39, 0.29) is 17.0 Å². The van der Waals surface area contributed by atoms with E-state index in [1.165, 1.54) is 0 Å². The van der Waals surface area contributed by atoms with Crippen LogP contribution in [0.2, 0.25) is 0 Å². The van der Waals surface area contributed by atoms with E-state index in [9.17, 15) is 5.21 Å². The van der Waals surface area contributed by atoms with Crippen molar-refractivity contribution < 1.29 is 36.2 Å². The summed E-state index contributed by atoms with van der Waals surface area (Å²) in [5.41, 5.74) is 3.44. The minimum atomic E-state index is 0. The molecule has 5 nitrogen and oxygen atoms in total. The van der Waals surface area contributed by atoms with Crippen LogP contribution >= 0.6 is 0 Å². The highest BCUT2D eigenvalue weighted by molar-refractivity contribution is 6.12. The van der Waals surface area contributed by atoms with E-state index in [0.717, 1.165) is 41.2 Å². The lowest BCUT2D eigenvalue weighted by Gasteiger charge is -2.09. The molecule has 2 aromatic carbocycles. The quantitative estimate of drug-likeness (QED) is 0.250. The van der Waals surface area contributed by atoms with Crippen molar-refractivity contribution in [2.75, 3.05) is 14.2 Å². The van der Waals surface area contributed by atoms with Gasteiger partial charge in [0.2, 0.25) is 0 Å². The third-order valence-electron chi connectivity index (χ3n) is 4.39. The third kappa shape index (κ3) is 5.10. The van der Waals surface area contributed by atoms with Crippen LogP contribution in [0.4, 0.5) is 0 Å². The molecule has 0 aliphatic carbocycles. The van der Waals surface area contributed by atoms with E-state index in [2.05, 4.69) is 9.72 Å². The lowest BCUT2D eigenvalue weighted by atomic mass is 10.0. The average molecular weight is 443 g/mol. The van der Waals surface area contributed by atoms with Gasteiger partial charge in [-0.05, 0) is 23.8 Å². The topological polar surface area (TPSA) is 54.9 Å². The van der Waals surface area contributed by atoms with Gasteiger partial charge in [-0.1, -0.05) is 41.6 Å². The molecule has 0 amide bonds. The summed E-state index contributed by atoms with van der Waals surface area (Å²) in [6.45, 7) is 0.789. The highest BCUT2D eigenvalue weighted by Gasteiger charge is 2.12. The van der Waals surface area contributed by atoms with Crippen LogP contribution in [0, 0.1) is 0 Å². The fraction of sp³-hybridized carbons (Fsp3) is 0.182. The van der Waals surface area contributed by atoms with Gasteiger partial charge in [0.1, 0.15) is 5.71 Å². The fourth-order valence-electron chi connectivity index (χ4n) is 2.97. The molecule has 1 heterocycles. The highest BCUT2D eigenvalue weighted by atomic mass is 79.9. The van der Waals surface area contributed by atoms with E-state index in [1.807, 2.05) is 73.1 Å². The van der Waals surface area contributed by atoms with Crippen molar-refractivity contribution in [3.8, 4) is 11.5 Å². The average Bonchev–Trinajstić information content (AvgIpc) is 2.73. The number of ether oxygens (including phenoxy) is 2. The van der Waals surface area contributed by atoms with Gasteiger partial charge in [-0.3, -0.25) is 0 Å². The van der Waals surface area contributed by atoms with Crippen LogP contribution in [-0.2, 0) is 13.0 Å². The van der Waals surface area contributed by atoms with Crippen molar-refractivity contribution in [2.24, 2.45) is 5.16 Å². The minimum Gasteiger partial charge on any atom is -1.00 e. The summed E-state index contributed by atoms with van der Waals surface area (Å²) in [4.78, 5) is 0. The molecular weight excluding hydrogens is 420 g/mol. The number of halogens is 1. The van der Waals surface area contributed by atoms with Crippen LogP contribution in [0.1, 0.15) is 16.7 Å². The summed E-state index contributed by atoms with van der Waals surface area (Å²) in [5.74, 6) is 1.45. The van der Waals surface area contributed by atoms with Crippen LogP contribution < -0.4 is 31.0 Å². The molecule has 1 aromatic heterocycles. The number of benzene rings is 2. The van der Waals surface area contributed by atoms with Crippen LogP contribution in [0.15, 0.2) is 78.2 Å². The van der Waals surface area contributed by atoms with Gasteiger partial charge in [-0.25, -0.2) is 4.57 Å². The number of aryl methyl sites for hydroxylation is 2. The molecule has 0 atom stereocenters. The number of hydrogen-bond donors (Lipinski definition) is 1. The zero-order chi connectivity index (χ0) is 19.1. The molecule has 6 heteroatoms. The zero-order valence-corrected chi connectivity index (χ0v) is 17.5. The monoisotopic (exact) mass is 442 g/mol. The lowest BCUT2D eigenvalue weighted by Crippen LogP contribution is -3.00. The summed E-state index contributed by atoms with van der Waals surface area (Å²) >= 11 is 0. The van der Waals surface area contributed by atoms with Gasteiger partial charge < -0.3 is 31.7 Å². The first kappa shape index (κ1) is 21.4. The zero-order valence-electron chi connectivity index (χ0n) is 15.9. The molecule has 0 radical (unpaired) electrons. The van der Waals surface area contributed by atoms with Crippen molar-refractivity contribution in [2.45, 2.75) is 13.0 Å². The predicted molar refractivity (Wildman–Crippen MR) is 104 cm³/mol. The van der Waals surface area contributed by atoms with Gasteiger partial charge in [0, 0.05) is 18.1 Å². The number of pyridine rings is 1. The first-order valence-corrected chi connectivity index (χ1v) is 8.73. The van der Waals surface area contributed by atoms with Crippen molar-refractivity contribution in [3.63, 3.8) is 0 Å². The maximum absolute atomic E-state index is 9.49. The number of hydrogen-bond acceptors (Lipinski definition) is 4. The summed E-state index contributed by atoms with van der Waals surface area (Å²) in [7, 11) is 3.27. The van der Waals surface area contributed by atoms with Gasteiger partial charge >= 0.3 is 0 Å². The van der Waals surface area contributed by atoms with Gasteiger partial charge in [-0.15, -0.1) is 0 Å². The lowest BCUT2D eigenvalue weighted by molar-refractivity contribution is -0.696. The normalized spacial score (nSPS) is 10.9. The smallest absolute Gasteiger partial charge is 0.178 e. The van der Waals surface area contributed by atoms with Gasteiger partial charge in [-0.2, -0.15) is 0 Å². The molecular formula is C22H23BrN2O3. The Kier molecular flexibility index (Phi) is 8.02. The molecule has 0 aliphatic heterocycles. The summed E-state index contributed by atoms with van der Waals surface area (Å²) in [6.07, 6.45) is 4.83. The Labute approximate surface area is 175 Å². The molecule has 0 aliphatic rings. The minimum absolute atomic E-state index is 0. The number of aromatic nitrogens is 1. The van der Waals surface area contributed by atoms with E-state index >= 15 is 0 Å². The number of oxime groups is 1. The maximum atomic E-state index is 9.49. The van der Waals surface area contributed by atoms with Crippen molar-refractivity contribution in [1.82, 2.24) is 0 Å². The van der Waals surface area contributed by atoms with Gasteiger partial charge in [0.15, 0.2) is 30.4 Å². The van der Waals surface area contributed by atoms with Gasteiger partial charge in [0.05, 0.1) is 19.8 Å². The second-order valence-corrected chi connectivity index (χ2v) is 6.08. The Bertz CT molecular complexity index is 930. The molecule has 0 spiro atoms. The number of rotatable bonds is 7. The van der Waals surface area contributed by atoms with Crippen LogP contribution in [-0.4, -0.2) is 25.1 Å². The van der Waals surface area contributed by atoms with Crippen molar-refractivity contribution in [3.05, 3.63) is 89.7 Å². The highest BCUT2D eigenvalue weighted by Crippen LogP contribution is 2.27. The summed E-state index contributed by atoms with van der Waals surface area (Å²) < 4.78 is 12.7. The Balaban J connectivity index is 0.00000280. The SMILES string of the molecule is COc1ccc(CC[n+]2cccc(/C(=N/O)c3ccccc3)c2)cc1OC.[Br-]. The Morgan fingerprint density at radius 2 is 1.64 bits per heavy atom. The van der Waals surface area contributed by atoms with E-state index in [1.54, 1.807) is 14.2 Å².